The maximum atomic E-state index is 11.0. The Morgan fingerprint density at radius 3 is 2.58 bits per heavy atom. The average Bonchev–Trinajstić information content (AvgIpc) is 2.25. The van der Waals surface area contributed by atoms with E-state index in [-0.39, 0.29) is 5.70 Å². The zero-order chi connectivity index (χ0) is 9.35. The Hall–Kier alpha value is -1.37. The second-order valence-corrected chi connectivity index (χ2v) is 3.64. The molecule has 1 heterocycles. The molecule has 1 aliphatic heterocycles. The Bertz CT molecular complexity index is 379. The van der Waals surface area contributed by atoms with Gasteiger partial charge in [0.05, 0.1) is 11.9 Å². The van der Waals surface area contributed by atoms with Crippen LogP contribution in [0.25, 0.3) is 0 Å². The third-order valence-electron chi connectivity index (χ3n) is 1.28. The van der Waals surface area contributed by atoms with Crippen LogP contribution in [0, 0.1) is 0 Å². The molecular formula is C5H7N3O3S. The first-order chi connectivity index (χ1) is 5.49. The number of amides is 1. The maximum Gasteiger partial charge on any atom is 0.289 e. The monoisotopic (exact) mass is 189 g/mol. The summed E-state index contributed by atoms with van der Waals surface area (Å²) in [7, 11) is -2.52. The molecule has 0 saturated heterocycles. The van der Waals surface area contributed by atoms with Crippen LogP contribution >= 0.6 is 0 Å². The van der Waals surface area contributed by atoms with Gasteiger partial charge in [-0.25, -0.2) is 0 Å². The lowest BCUT2D eigenvalue weighted by Gasteiger charge is -1.98. The largest absolute Gasteiger partial charge is 0.396 e. The molecule has 0 aromatic rings. The minimum absolute atomic E-state index is 0.130. The fourth-order valence-electron chi connectivity index (χ4n) is 0.748. The van der Waals surface area contributed by atoms with Crippen molar-refractivity contribution in [1.29, 1.82) is 0 Å². The lowest BCUT2D eigenvalue weighted by Crippen LogP contribution is -2.25. The van der Waals surface area contributed by atoms with Crippen molar-refractivity contribution in [1.82, 2.24) is 5.32 Å². The Balaban J connectivity index is 3.23. The molecule has 1 aliphatic rings. The van der Waals surface area contributed by atoms with Crippen LogP contribution in [0.1, 0.15) is 0 Å². The number of hydrogen-bond acceptors (Lipinski definition) is 4. The highest BCUT2D eigenvalue weighted by Gasteiger charge is 2.30. The van der Waals surface area contributed by atoms with Crippen LogP contribution in [0.2, 0.25) is 0 Å². The van der Waals surface area contributed by atoms with Crippen molar-refractivity contribution in [2.75, 3.05) is 7.05 Å². The lowest BCUT2D eigenvalue weighted by molar-refractivity contribution is -0.116. The van der Waals surface area contributed by atoms with E-state index in [0.717, 1.165) is 6.21 Å². The number of hydrogen-bond donors (Lipinski definition) is 2. The van der Waals surface area contributed by atoms with Crippen molar-refractivity contribution >= 4 is 22.1 Å². The fraction of sp³-hybridized carbons (Fsp3) is 0.200. The first-order valence-electron chi connectivity index (χ1n) is 3.01. The SMILES string of the molecule is CNC(=O)C1=C(N)C=NS1(=O)=O. The van der Waals surface area contributed by atoms with Crippen LogP contribution in [0.5, 0.6) is 0 Å². The van der Waals surface area contributed by atoms with E-state index >= 15 is 0 Å². The Morgan fingerprint density at radius 2 is 2.25 bits per heavy atom. The summed E-state index contributed by atoms with van der Waals surface area (Å²) in [6, 6.07) is 0. The summed E-state index contributed by atoms with van der Waals surface area (Å²) in [5.74, 6) is -0.745. The van der Waals surface area contributed by atoms with E-state index < -0.39 is 20.8 Å². The number of allylic oxidation sites excluding steroid dienone is 1. The minimum Gasteiger partial charge on any atom is -0.396 e. The number of nitrogens with two attached hydrogens (primary N) is 1. The number of carbonyl (C=O) groups excluding carboxylic acids is 1. The predicted molar refractivity (Wildman–Crippen MR) is 42.7 cm³/mol. The molecule has 6 nitrogen and oxygen atoms in total. The molecule has 0 aliphatic carbocycles. The molecule has 1 rings (SSSR count). The first kappa shape index (κ1) is 8.72. The molecule has 0 spiro atoms. The lowest BCUT2D eigenvalue weighted by atomic mass is 10.4. The summed E-state index contributed by atoms with van der Waals surface area (Å²) >= 11 is 0. The average molecular weight is 189 g/mol. The van der Waals surface area contributed by atoms with E-state index in [1.165, 1.54) is 7.05 Å². The smallest absolute Gasteiger partial charge is 0.289 e. The van der Waals surface area contributed by atoms with Gasteiger partial charge >= 0.3 is 0 Å². The molecule has 0 unspecified atom stereocenters. The maximum absolute atomic E-state index is 11.0. The van der Waals surface area contributed by atoms with Crippen molar-refractivity contribution in [3.63, 3.8) is 0 Å². The standard InChI is InChI=1S/C5H7N3O3S/c1-7-5(9)4-3(6)2-8-12(4,10)11/h2H,6H2,1H3,(H,7,9). The predicted octanol–water partition coefficient (Wildman–Crippen LogP) is -1.68. The molecule has 0 bridgehead atoms. The zero-order valence-corrected chi connectivity index (χ0v) is 7.05. The van der Waals surface area contributed by atoms with Gasteiger partial charge < -0.3 is 11.1 Å². The molecule has 0 saturated carbocycles. The fourth-order valence-corrected chi connectivity index (χ4v) is 1.79. The molecular weight excluding hydrogens is 182 g/mol. The van der Waals surface area contributed by atoms with E-state index in [2.05, 4.69) is 9.71 Å². The number of nitrogens with zero attached hydrogens (tertiary/aromatic N) is 1. The molecule has 0 aromatic carbocycles. The molecule has 0 radical (unpaired) electrons. The summed E-state index contributed by atoms with van der Waals surface area (Å²) < 4.78 is 25.0. The number of sulfonamides is 1. The number of carbonyl (C=O) groups is 1. The van der Waals surface area contributed by atoms with Crippen LogP contribution in [0.3, 0.4) is 0 Å². The second kappa shape index (κ2) is 2.59. The normalized spacial score (nSPS) is 19.8. The summed E-state index contributed by atoms with van der Waals surface area (Å²) in [6.45, 7) is 0. The van der Waals surface area contributed by atoms with E-state index in [1.807, 2.05) is 0 Å². The topological polar surface area (TPSA) is 102 Å². The van der Waals surface area contributed by atoms with Gasteiger partial charge in [-0.3, -0.25) is 4.79 Å². The minimum atomic E-state index is -3.84. The van der Waals surface area contributed by atoms with E-state index in [9.17, 15) is 13.2 Å². The Kier molecular flexibility index (Phi) is 1.89. The highest BCUT2D eigenvalue weighted by Crippen LogP contribution is 2.16. The van der Waals surface area contributed by atoms with E-state index in [4.69, 9.17) is 5.73 Å². The van der Waals surface area contributed by atoms with Crippen LogP contribution in [-0.4, -0.2) is 27.6 Å². The van der Waals surface area contributed by atoms with Gasteiger partial charge in [-0.2, -0.15) is 12.8 Å². The van der Waals surface area contributed by atoms with Crippen LogP contribution in [0.4, 0.5) is 0 Å². The molecule has 12 heavy (non-hydrogen) atoms. The van der Waals surface area contributed by atoms with Crippen molar-refractivity contribution in [2.24, 2.45) is 10.1 Å². The molecule has 66 valence electrons. The van der Waals surface area contributed by atoms with Gasteiger partial charge in [-0.15, -0.1) is 0 Å². The Labute approximate surface area is 69.2 Å². The van der Waals surface area contributed by atoms with Crippen LogP contribution < -0.4 is 11.1 Å². The number of rotatable bonds is 1. The van der Waals surface area contributed by atoms with Gasteiger partial charge in [0.15, 0.2) is 4.91 Å². The quantitative estimate of drug-likeness (QED) is 0.514. The van der Waals surface area contributed by atoms with Gasteiger partial charge in [0, 0.05) is 7.05 Å². The van der Waals surface area contributed by atoms with Gasteiger partial charge in [0.25, 0.3) is 15.9 Å². The number of nitrogens with one attached hydrogen (secondary N) is 1. The summed E-state index contributed by atoms with van der Waals surface area (Å²) in [6.07, 6.45) is 0.944. The van der Waals surface area contributed by atoms with E-state index in [1.54, 1.807) is 0 Å². The zero-order valence-electron chi connectivity index (χ0n) is 6.23. The van der Waals surface area contributed by atoms with Gasteiger partial charge in [-0.05, 0) is 0 Å². The summed E-state index contributed by atoms with van der Waals surface area (Å²) in [4.78, 5) is 10.5. The van der Waals surface area contributed by atoms with Gasteiger partial charge in [0.2, 0.25) is 0 Å². The summed E-state index contributed by atoms with van der Waals surface area (Å²) in [5.41, 5.74) is 5.09. The molecule has 3 N–H and O–H groups in total. The molecule has 1 amide bonds. The van der Waals surface area contributed by atoms with Gasteiger partial charge in [0.1, 0.15) is 0 Å². The van der Waals surface area contributed by atoms with Crippen molar-refractivity contribution in [3.05, 3.63) is 10.6 Å². The molecule has 7 heteroatoms. The summed E-state index contributed by atoms with van der Waals surface area (Å²) in [5, 5.41) is 2.16. The van der Waals surface area contributed by atoms with Crippen LogP contribution in [0.15, 0.2) is 15.0 Å². The van der Waals surface area contributed by atoms with Crippen molar-refractivity contribution in [2.45, 2.75) is 0 Å². The van der Waals surface area contributed by atoms with Gasteiger partial charge in [-0.1, -0.05) is 0 Å². The number of likely N-dealkylation sites (N-methyl/N-ethyl adjacent to an activating group) is 1. The highest BCUT2D eigenvalue weighted by atomic mass is 32.2. The third-order valence-corrected chi connectivity index (χ3v) is 2.60. The van der Waals surface area contributed by atoms with Crippen LogP contribution in [-0.2, 0) is 14.8 Å². The molecule has 0 fully saturated rings. The first-order valence-corrected chi connectivity index (χ1v) is 4.45. The Morgan fingerprint density at radius 1 is 1.67 bits per heavy atom. The molecule has 0 atom stereocenters. The molecule has 0 aromatic heterocycles. The van der Waals surface area contributed by atoms with E-state index in [0.29, 0.717) is 0 Å². The third kappa shape index (κ3) is 1.18. The second-order valence-electron chi connectivity index (χ2n) is 2.07. The van der Waals surface area contributed by atoms with Crippen molar-refractivity contribution < 1.29 is 13.2 Å². The van der Waals surface area contributed by atoms with Crippen molar-refractivity contribution in [3.8, 4) is 0 Å². The highest BCUT2D eigenvalue weighted by molar-refractivity contribution is 7.95.